The van der Waals surface area contributed by atoms with Crippen LogP contribution in [0.3, 0.4) is 0 Å². The Morgan fingerprint density at radius 3 is 2.20 bits per heavy atom. The molecule has 1 heterocycles. The van der Waals surface area contributed by atoms with Crippen LogP contribution in [0.4, 0.5) is 0 Å². The van der Waals surface area contributed by atoms with E-state index in [1.807, 2.05) is 6.07 Å². The predicted octanol–water partition coefficient (Wildman–Crippen LogP) is 3.06. The molecule has 0 spiro atoms. The quantitative estimate of drug-likeness (QED) is 0.451. The van der Waals surface area contributed by atoms with Gasteiger partial charge in [0.25, 0.3) is 5.91 Å². The molecule has 0 aliphatic carbocycles. The molecule has 0 atom stereocenters. The average molecular weight is 408 g/mol. The van der Waals surface area contributed by atoms with E-state index >= 15 is 0 Å². The number of carbonyl (C=O) groups excluding carboxylic acids is 1. The molecular weight excluding hydrogens is 388 g/mol. The van der Waals surface area contributed by atoms with E-state index in [2.05, 4.69) is 20.5 Å². The minimum atomic E-state index is -0.400. The molecule has 154 valence electrons. The van der Waals surface area contributed by atoms with Crippen molar-refractivity contribution in [2.45, 2.75) is 0 Å². The minimum Gasteiger partial charge on any atom is -0.496 e. The molecule has 1 N–H and O–H groups in total. The van der Waals surface area contributed by atoms with Gasteiger partial charge in [-0.15, -0.1) is 0 Å². The Kier molecular flexibility index (Phi) is 6.78. The summed E-state index contributed by atoms with van der Waals surface area (Å²) in [6.07, 6.45) is 1.46. The van der Waals surface area contributed by atoms with Gasteiger partial charge in [0.1, 0.15) is 11.5 Å². The summed E-state index contributed by atoms with van der Waals surface area (Å²) in [5.74, 6) is 1.09. The van der Waals surface area contributed by atoms with Crippen LogP contribution < -0.4 is 24.4 Å². The summed E-state index contributed by atoms with van der Waals surface area (Å²) in [6, 6.07) is 15.5. The van der Waals surface area contributed by atoms with Crippen LogP contribution in [0.2, 0.25) is 0 Å². The van der Waals surface area contributed by atoms with Gasteiger partial charge in [0.15, 0.2) is 0 Å². The summed E-state index contributed by atoms with van der Waals surface area (Å²) in [6.45, 7) is 0. The summed E-state index contributed by atoms with van der Waals surface area (Å²) in [7, 11) is 4.46. The molecule has 1 amide bonds. The number of para-hydroxylation sites is 2. The SMILES string of the molecule is COc1cc(OC)nc(Oc2ccccc2/C=N/NC(=O)c2ccccc2OC)n1. The number of nitrogens with zero attached hydrogens (tertiary/aromatic N) is 3. The Labute approximate surface area is 173 Å². The Bertz CT molecular complexity index is 1030. The van der Waals surface area contributed by atoms with E-state index < -0.39 is 5.91 Å². The number of hydrogen-bond acceptors (Lipinski definition) is 8. The summed E-state index contributed by atoms with van der Waals surface area (Å²) >= 11 is 0. The summed E-state index contributed by atoms with van der Waals surface area (Å²) < 4.78 is 21.2. The van der Waals surface area contributed by atoms with Gasteiger partial charge in [-0.1, -0.05) is 24.3 Å². The first-order valence-corrected chi connectivity index (χ1v) is 8.85. The number of rotatable bonds is 8. The standard InChI is InChI=1S/C21H20N4O5/c1-27-17-11-7-5-9-15(17)20(26)25-22-13-14-8-4-6-10-16(14)30-21-23-18(28-2)12-19(24-21)29-3/h4-13H,1-3H3,(H,25,26)/b22-13+. The summed E-state index contributed by atoms with van der Waals surface area (Å²) in [4.78, 5) is 20.6. The molecule has 3 aromatic rings. The number of hydrogen-bond donors (Lipinski definition) is 1. The molecule has 2 aromatic carbocycles. The third-order valence-corrected chi connectivity index (χ3v) is 3.92. The van der Waals surface area contributed by atoms with E-state index in [1.165, 1.54) is 33.6 Å². The maximum Gasteiger partial charge on any atom is 0.328 e. The molecular formula is C21H20N4O5. The van der Waals surface area contributed by atoms with Crippen LogP contribution >= 0.6 is 0 Å². The second kappa shape index (κ2) is 9.87. The molecule has 0 aliphatic heterocycles. The predicted molar refractivity (Wildman–Crippen MR) is 110 cm³/mol. The molecule has 9 nitrogen and oxygen atoms in total. The highest BCUT2D eigenvalue weighted by molar-refractivity contribution is 5.97. The van der Waals surface area contributed by atoms with Gasteiger partial charge in [-0.05, 0) is 24.3 Å². The summed E-state index contributed by atoms with van der Waals surface area (Å²) in [5, 5.41) is 4.01. The van der Waals surface area contributed by atoms with Crippen molar-refractivity contribution in [3.63, 3.8) is 0 Å². The van der Waals surface area contributed by atoms with Gasteiger partial charge in [-0.25, -0.2) is 5.43 Å². The van der Waals surface area contributed by atoms with Crippen molar-refractivity contribution >= 4 is 12.1 Å². The van der Waals surface area contributed by atoms with Crippen molar-refractivity contribution < 1.29 is 23.7 Å². The number of amides is 1. The molecule has 0 fully saturated rings. The zero-order valence-electron chi connectivity index (χ0n) is 16.7. The highest BCUT2D eigenvalue weighted by atomic mass is 16.5. The average Bonchev–Trinajstić information content (AvgIpc) is 2.79. The van der Waals surface area contributed by atoms with E-state index in [0.717, 1.165) is 0 Å². The van der Waals surface area contributed by atoms with Crippen LogP contribution in [0.25, 0.3) is 0 Å². The first-order chi connectivity index (χ1) is 14.6. The van der Waals surface area contributed by atoms with E-state index in [0.29, 0.717) is 34.4 Å². The van der Waals surface area contributed by atoms with E-state index in [1.54, 1.807) is 42.5 Å². The van der Waals surface area contributed by atoms with E-state index in [4.69, 9.17) is 18.9 Å². The molecule has 0 radical (unpaired) electrons. The lowest BCUT2D eigenvalue weighted by Crippen LogP contribution is -2.18. The highest BCUT2D eigenvalue weighted by Crippen LogP contribution is 2.25. The second-order valence-electron chi connectivity index (χ2n) is 5.77. The number of ether oxygens (including phenoxy) is 4. The minimum absolute atomic E-state index is 0.0464. The number of nitrogens with one attached hydrogen (secondary N) is 1. The topological polar surface area (TPSA) is 104 Å². The molecule has 0 saturated carbocycles. The van der Waals surface area contributed by atoms with Crippen LogP contribution in [0.1, 0.15) is 15.9 Å². The maximum absolute atomic E-state index is 12.3. The first kappa shape index (κ1) is 20.6. The zero-order chi connectivity index (χ0) is 21.3. The maximum atomic E-state index is 12.3. The highest BCUT2D eigenvalue weighted by Gasteiger charge is 2.11. The molecule has 3 rings (SSSR count). The number of benzene rings is 2. The van der Waals surface area contributed by atoms with Crippen molar-refractivity contribution in [2.24, 2.45) is 5.10 Å². The van der Waals surface area contributed by atoms with Crippen molar-refractivity contribution in [1.82, 2.24) is 15.4 Å². The van der Waals surface area contributed by atoms with Crippen molar-refractivity contribution in [1.29, 1.82) is 0 Å². The molecule has 0 aliphatic rings. The van der Waals surface area contributed by atoms with Gasteiger partial charge in [-0.2, -0.15) is 15.1 Å². The second-order valence-corrected chi connectivity index (χ2v) is 5.77. The number of hydrazone groups is 1. The third kappa shape index (κ3) is 5.02. The normalized spacial score (nSPS) is 10.5. The Balaban J connectivity index is 1.76. The fourth-order valence-corrected chi connectivity index (χ4v) is 2.47. The number of carbonyl (C=O) groups is 1. The fourth-order valence-electron chi connectivity index (χ4n) is 2.47. The lowest BCUT2D eigenvalue weighted by Gasteiger charge is -2.09. The van der Waals surface area contributed by atoms with Gasteiger partial charge in [0.2, 0.25) is 11.8 Å². The Morgan fingerprint density at radius 1 is 0.900 bits per heavy atom. The number of aromatic nitrogens is 2. The van der Waals surface area contributed by atoms with Gasteiger partial charge < -0.3 is 18.9 Å². The summed E-state index contributed by atoms with van der Waals surface area (Å²) in [5.41, 5.74) is 3.45. The van der Waals surface area contributed by atoms with Crippen LogP contribution in [0.15, 0.2) is 59.7 Å². The van der Waals surface area contributed by atoms with Crippen LogP contribution in [0, 0.1) is 0 Å². The van der Waals surface area contributed by atoms with Crippen molar-refractivity contribution in [3.05, 3.63) is 65.7 Å². The van der Waals surface area contributed by atoms with Crippen LogP contribution in [0.5, 0.6) is 29.3 Å². The number of methoxy groups -OCH3 is 3. The molecule has 0 bridgehead atoms. The van der Waals surface area contributed by atoms with Gasteiger partial charge >= 0.3 is 6.01 Å². The largest absolute Gasteiger partial charge is 0.496 e. The Hall–Kier alpha value is -4.14. The fraction of sp³-hybridized carbons (Fsp3) is 0.143. The Morgan fingerprint density at radius 2 is 1.53 bits per heavy atom. The monoisotopic (exact) mass is 408 g/mol. The van der Waals surface area contributed by atoms with Crippen LogP contribution in [-0.2, 0) is 0 Å². The molecule has 9 heteroatoms. The van der Waals surface area contributed by atoms with Gasteiger partial charge in [0, 0.05) is 5.56 Å². The lowest BCUT2D eigenvalue weighted by molar-refractivity contribution is 0.0952. The van der Waals surface area contributed by atoms with Crippen LogP contribution in [-0.4, -0.2) is 43.4 Å². The van der Waals surface area contributed by atoms with Gasteiger partial charge in [-0.3, -0.25) is 4.79 Å². The first-order valence-electron chi connectivity index (χ1n) is 8.85. The van der Waals surface area contributed by atoms with E-state index in [-0.39, 0.29) is 6.01 Å². The molecule has 0 saturated heterocycles. The van der Waals surface area contributed by atoms with Crippen molar-refractivity contribution in [2.75, 3.05) is 21.3 Å². The smallest absolute Gasteiger partial charge is 0.328 e. The zero-order valence-corrected chi connectivity index (χ0v) is 16.7. The molecule has 30 heavy (non-hydrogen) atoms. The molecule has 0 unspecified atom stereocenters. The van der Waals surface area contributed by atoms with Crippen molar-refractivity contribution in [3.8, 4) is 29.3 Å². The van der Waals surface area contributed by atoms with E-state index in [9.17, 15) is 4.79 Å². The third-order valence-electron chi connectivity index (χ3n) is 3.92. The van der Waals surface area contributed by atoms with Gasteiger partial charge in [0.05, 0.1) is 39.2 Å². The lowest BCUT2D eigenvalue weighted by atomic mass is 10.2. The molecule has 1 aromatic heterocycles.